The maximum Gasteiger partial charge on any atom is 0.315 e. The fraction of sp³-hybridized carbons (Fsp3) is 0.833. The number of piperazine rings is 1. The van der Waals surface area contributed by atoms with Gasteiger partial charge in [-0.15, -0.1) is 0 Å². The number of hydrogen-bond acceptors (Lipinski definition) is 3. The zero-order chi connectivity index (χ0) is 18.2. The summed E-state index contributed by atoms with van der Waals surface area (Å²) in [5.41, 5.74) is 0. The van der Waals surface area contributed by atoms with Crippen molar-refractivity contribution in [3.63, 3.8) is 0 Å². The highest BCUT2D eigenvalue weighted by Crippen LogP contribution is 2.17. The molecule has 25 heavy (non-hydrogen) atoms. The van der Waals surface area contributed by atoms with Crippen LogP contribution in [0.5, 0.6) is 0 Å². The number of nitrogens with one attached hydrogen (secondary N) is 2. The molecule has 0 atom stereocenters. The second-order valence-corrected chi connectivity index (χ2v) is 7.35. The maximum atomic E-state index is 12.2. The van der Waals surface area contributed by atoms with Crippen LogP contribution in [0.25, 0.3) is 0 Å². The van der Waals surface area contributed by atoms with Gasteiger partial charge >= 0.3 is 6.03 Å². The predicted octanol–water partition coefficient (Wildman–Crippen LogP) is 1.34. The van der Waals surface area contributed by atoms with Gasteiger partial charge in [0.05, 0.1) is 0 Å². The highest BCUT2D eigenvalue weighted by atomic mass is 16.2. The van der Waals surface area contributed by atoms with Gasteiger partial charge in [0.2, 0.25) is 11.8 Å². The number of carbonyl (C=O) groups excluding carboxylic acids is 3. The van der Waals surface area contributed by atoms with Gasteiger partial charge in [-0.25, -0.2) is 4.79 Å². The van der Waals surface area contributed by atoms with Crippen LogP contribution < -0.4 is 10.6 Å². The Labute approximate surface area is 150 Å². The molecule has 0 aromatic heterocycles. The number of amides is 4. The highest BCUT2D eigenvalue weighted by Gasteiger charge is 2.25. The van der Waals surface area contributed by atoms with Gasteiger partial charge in [0.25, 0.3) is 0 Å². The minimum atomic E-state index is -0.174. The molecule has 0 spiro atoms. The summed E-state index contributed by atoms with van der Waals surface area (Å²) in [5, 5.41) is 5.76. The van der Waals surface area contributed by atoms with Crippen molar-refractivity contribution in [3.8, 4) is 0 Å². The first-order chi connectivity index (χ1) is 12.0. The lowest BCUT2D eigenvalue weighted by molar-refractivity contribution is -0.141. The van der Waals surface area contributed by atoms with E-state index in [1.54, 1.807) is 4.90 Å². The standard InChI is InChI=1S/C18H32N4O3/c1-14(2)17(24)22-12-10-21(11-13-22)16(23)8-9-19-18(25)20-15-6-4-3-5-7-15/h14-15H,3-13H2,1-2H3,(H2,19,20,25). The van der Waals surface area contributed by atoms with Crippen molar-refractivity contribution in [1.82, 2.24) is 20.4 Å². The third-order valence-corrected chi connectivity index (χ3v) is 5.00. The van der Waals surface area contributed by atoms with Crippen LogP contribution in [0.3, 0.4) is 0 Å². The average molecular weight is 352 g/mol. The normalized spacial score (nSPS) is 19.0. The number of hydrogen-bond donors (Lipinski definition) is 2. The van der Waals surface area contributed by atoms with Crippen LogP contribution in [0, 0.1) is 5.92 Å². The molecule has 7 nitrogen and oxygen atoms in total. The van der Waals surface area contributed by atoms with Crippen molar-refractivity contribution in [2.45, 2.75) is 58.4 Å². The molecule has 2 N–H and O–H groups in total. The van der Waals surface area contributed by atoms with Crippen molar-refractivity contribution in [2.24, 2.45) is 5.92 Å². The summed E-state index contributed by atoms with van der Waals surface area (Å²) in [6.07, 6.45) is 6.00. The van der Waals surface area contributed by atoms with Crippen molar-refractivity contribution < 1.29 is 14.4 Å². The van der Waals surface area contributed by atoms with Crippen molar-refractivity contribution in [2.75, 3.05) is 32.7 Å². The second-order valence-electron chi connectivity index (χ2n) is 7.35. The monoisotopic (exact) mass is 352 g/mol. The third-order valence-electron chi connectivity index (χ3n) is 5.00. The van der Waals surface area contributed by atoms with Gasteiger partial charge in [0.15, 0.2) is 0 Å². The van der Waals surface area contributed by atoms with E-state index in [1.807, 2.05) is 18.7 Å². The molecular weight excluding hydrogens is 320 g/mol. The molecule has 1 aliphatic heterocycles. The molecule has 7 heteroatoms. The van der Waals surface area contributed by atoms with E-state index in [9.17, 15) is 14.4 Å². The van der Waals surface area contributed by atoms with E-state index in [4.69, 9.17) is 0 Å². The third kappa shape index (κ3) is 6.21. The Hall–Kier alpha value is -1.79. The zero-order valence-electron chi connectivity index (χ0n) is 15.6. The lowest BCUT2D eigenvalue weighted by atomic mass is 9.96. The lowest BCUT2D eigenvalue weighted by Crippen LogP contribution is -2.52. The van der Waals surface area contributed by atoms with Gasteiger partial charge in [0.1, 0.15) is 0 Å². The number of urea groups is 1. The van der Waals surface area contributed by atoms with Gasteiger partial charge in [-0.05, 0) is 12.8 Å². The largest absolute Gasteiger partial charge is 0.339 e. The van der Waals surface area contributed by atoms with Crippen molar-refractivity contribution >= 4 is 17.8 Å². The van der Waals surface area contributed by atoms with Crippen LogP contribution in [-0.2, 0) is 9.59 Å². The van der Waals surface area contributed by atoms with Crippen LogP contribution in [-0.4, -0.2) is 66.4 Å². The summed E-state index contributed by atoms with van der Waals surface area (Å²) in [6.45, 7) is 6.48. The summed E-state index contributed by atoms with van der Waals surface area (Å²) in [6, 6.07) is 0.100. The van der Waals surface area contributed by atoms with E-state index >= 15 is 0 Å². The first kappa shape index (κ1) is 19.5. The molecule has 142 valence electrons. The Morgan fingerprint density at radius 2 is 1.56 bits per heavy atom. The van der Waals surface area contributed by atoms with E-state index < -0.39 is 0 Å². The van der Waals surface area contributed by atoms with E-state index in [0.717, 1.165) is 12.8 Å². The van der Waals surface area contributed by atoms with Crippen molar-refractivity contribution in [1.29, 1.82) is 0 Å². The predicted molar refractivity (Wildman–Crippen MR) is 96.0 cm³/mol. The molecule has 2 fully saturated rings. The summed E-state index contributed by atoms with van der Waals surface area (Å²) in [4.78, 5) is 39.6. The minimum Gasteiger partial charge on any atom is -0.339 e. The molecule has 1 aliphatic carbocycles. The summed E-state index contributed by atoms with van der Waals surface area (Å²) >= 11 is 0. The zero-order valence-corrected chi connectivity index (χ0v) is 15.6. The smallest absolute Gasteiger partial charge is 0.315 e. The van der Waals surface area contributed by atoms with Crippen molar-refractivity contribution in [3.05, 3.63) is 0 Å². The average Bonchev–Trinajstić information content (AvgIpc) is 2.62. The number of carbonyl (C=O) groups is 3. The maximum absolute atomic E-state index is 12.2. The minimum absolute atomic E-state index is 0.00544. The Kier molecular flexibility index (Phi) is 7.52. The van der Waals surface area contributed by atoms with E-state index in [0.29, 0.717) is 39.1 Å². The van der Waals surface area contributed by atoms with E-state index in [1.165, 1.54) is 19.3 Å². The Balaban J connectivity index is 1.61. The van der Waals surface area contributed by atoms with Gasteiger partial charge in [-0.3, -0.25) is 9.59 Å². The molecule has 0 bridgehead atoms. The molecule has 2 rings (SSSR count). The SMILES string of the molecule is CC(C)C(=O)N1CCN(C(=O)CCNC(=O)NC2CCCCC2)CC1. The molecule has 0 aromatic rings. The van der Waals surface area contributed by atoms with Crippen LogP contribution in [0.1, 0.15) is 52.4 Å². The molecule has 1 heterocycles. The van der Waals surface area contributed by atoms with E-state index in [2.05, 4.69) is 10.6 Å². The topological polar surface area (TPSA) is 81.8 Å². The Bertz CT molecular complexity index is 467. The quantitative estimate of drug-likeness (QED) is 0.783. The fourth-order valence-electron chi connectivity index (χ4n) is 3.47. The number of rotatable bonds is 5. The van der Waals surface area contributed by atoms with Crippen LogP contribution in [0.2, 0.25) is 0 Å². The molecule has 2 aliphatic rings. The first-order valence-corrected chi connectivity index (χ1v) is 9.58. The van der Waals surface area contributed by atoms with Gasteiger partial charge in [-0.1, -0.05) is 33.1 Å². The lowest BCUT2D eigenvalue weighted by Gasteiger charge is -2.35. The molecule has 1 saturated carbocycles. The van der Waals surface area contributed by atoms with E-state index in [-0.39, 0.29) is 29.8 Å². The van der Waals surface area contributed by atoms with Gasteiger partial charge < -0.3 is 20.4 Å². The fourth-order valence-corrected chi connectivity index (χ4v) is 3.47. The molecule has 4 amide bonds. The van der Waals surface area contributed by atoms with Gasteiger partial charge in [-0.2, -0.15) is 0 Å². The molecule has 1 saturated heterocycles. The number of nitrogens with zero attached hydrogens (tertiary/aromatic N) is 2. The summed E-state index contributed by atoms with van der Waals surface area (Å²) in [5.74, 6) is 0.178. The van der Waals surface area contributed by atoms with Crippen LogP contribution in [0.4, 0.5) is 4.79 Å². The molecule has 0 unspecified atom stereocenters. The van der Waals surface area contributed by atoms with Gasteiger partial charge in [0, 0.05) is 51.1 Å². The first-order valence-electron chi connectivity index (χ1n) is 9.58. The summed E-state index contributed by atoms with van der Waals surface area (Å²) in [7, 11) is 0. The molecule has 0 aromatic carbocycles. The van der Waals surface area contributed by atoms with Crippen LogP contribution >= 0.6 is 0 Å². The molecule has 0 radical (unpaired) electrons. The highest BCUT2D eigenvalue weighted by molar-refractivity contribution is 5.80. The summed E-state index contributed by atoms with van der Waals surface area (Å²) < 4.78 is 0. The Morgan fingerprint density at radius 3 is 2.16 bits per heavy atom. The van der Waals surface area contributed by atoms with Crippen LogP contribution in [0.15, 0.2) is 0 Å². The molecular formula is C18H32N4O3. The second kappa shape index (κ2) is 9.63. The Morgan fingerprint density at radius 1 is 0.960 bits per heavy atom.